The van der Waals surface area contributed by atoms with Gasteiger partial charge in [-0.25, -0.2) is 0 Å². The van der Waals surface area contributed by atoms with Crippen molar-refractivity contribution < 1.29 is 9.59 Å². The lowest BCUT2D eigenvalue weighted by Crippen LogP contribution is -2.44. The van der Waals surface area contributed by atoms with Crippen LogP contribution in [0.5, 0.6) is 0 Å². The number of benzene rings is 2. The minimum Gasteiger partial charge on any atom is -0.322 e. The Morgan fingerprint density at radius 1 is 1.21 bits per heavy atom. The number of hydrogen-bond acceptors (Lipinski definition) is 4. The molecule has 2 aliphatic heterocycles. The fraction of sp³-hybridized carbons (Fsp3) is 0.423. The van der Waals surface area contributed by atoms with Crippen LogP contribution in [0.3, 0.4) is 0 Å². The molecule has 0 bridgehead atoms. The van der Waals surface area contributed by atoms with Gasteiger partial charge >= 0.3 is 0 Å². The molecule has 5 rings (SSSR count). The number of halogens is 1. The third-order valence-electron chi connectivity index (χ3n) is 7.33. The molecule has 3 aliphatic rings. The second-order valence-electron chi connectivity index (χ2n) is 9.71. The Bertz CT molecular complexity index is 1170. The fourth-order valence-corrected chi connectivity index (χ4v) is 5.68. The van der Waals surface area contributed by atoms with Crippen LogP contribution in [0.4, 0.5) is 5.69 Å². The quantitative estimate of drug-likeness (QED) is 0.687. The molecular weight excluding hydrogens is 436 g/mol. The topological polar surface area (TPSA) is 76.4 Å². The zero-order chi connectivity index (χ0) is 23.3. The second-order valence-corrected chi connectivity index (χ2v) is 10.1. The normalized spacial score (nSPS) is 24.4. The molecule has 0 aromatic heterocycles. The van der Waals surface area contributed by atoms with Crippen LogP contribution in [0.25, 0.3) is 0 Å². The molecule has 2 aromatic carbocycles. The third-order valence-corrected chi connectivity index (χ3v) is 7.56. The Labute approximate surface area is 199 Å². The Morgan fingerprint density at radius 2 is 2.00 bits per heavy atom. The molecule has 6 nitrogen and oxygen atoms in total. The number of carbonyl (C=O) groups is 2. The van der Waals surface area contributed by atoms with E-state index in [0.29, 0.717) is 29.6 Å². The summed E-state index contributed by atoms with van der Waals surface area (Å²) in [5, 5.41) is 13.1. The fourth-order valence-electron chi connectivity index (χ4n) is 5.51. The summed E-state index contributed by atoms with van der Waals surface area (Å²) < 4.78 is 0. The average Bonchev–Trinajstić information content (AvgIpc) is 3.48. The minimum atomic E-state index is -0.368. The molecule has 0 unspecified atom stereocenters. The van der Waals surface area contributed by atoms with E-state index in [-0.39, 0.29) is 35.9 Å². The van der Waals surface area contributed by atoms with Crippen molar-refractivity contribution in [3.63, 3.8) is 0 Å². The molecule has 1 saturated heterocycles. The van der Waals surface area contributed by atoms with Gasteiger partial charge in [-0.1, -0.05) is 49.7 Å². The first-order valence-corrected chi connectivity index (χ1v) is 11.8. The molecule has 1 aliphatic carbocycles. The Balaban J connectivity index is 1.34. The largest absolute Gasteiger partial charge is 0.322 e. The van der Waals surface area contributed by atoms with Crippen LogP contribution < -0.4 is 10.2 Å². The smallest absolute Gasteiger partial charge is 0.258 e. The van der Waals surface area contributed by atoms with Crippen molar-refractivity contribution in [3.8, 4) is 6.07 Å². The van der Waals surface area contributed by atoms with Crippen molar-refractivity contribution in [2.75, 3.05) is 24.5 Å². The Morgan fingerprint density at radius 3 is 2.79 bits per heavy atom. The van der Waals surface area contributed by atoms with Crippen LogP contribution >= 0.6 is 11.6 Å². The lowest BCUT2D eigenvalue weighted by molar-refractivity contribution is -0.131. The first-order chi connectivity index (χ1) is 15.8. The average molecular weight is 463 g/mol. The molecule has 2 heterocycles. The van der Waals surface area contributed by atoms with Crippen LogP contribution in [-0.2, 0) is 10.2 Å². The number of hydrogen-bond donors (Lipinski definition) is 1. The molecule has 33 heavy (non-hydrogen) atoms. The van der Waals surface area contributed by atoms with Gasteiger partial charge in [0.05, 0.1) is 12.6 Å². The van der Waals surface area contributed by atoms with Crippen molar-refractivity contribution in [3.05, 3.63) is 64.2 Å². The molecule has 170 valence electrons. The summed E-state index contributed by atoms with van der Waals surface area (Å²) in [7, 11) is 0. The van der Waals surface area contributed by atoms with Gasteiger partial charge in [-0.2, -0.15) is 5.26 Å². The SMILES string of the molecule is CC1(C)c2ccc(Cl)cc2C(=O)N(CCNCC(=O)N2[C@H](C#N)C[C@@H]3C[C@@H]32)c2ccccc21. The summed E-state index contributed by atoms with van der Waals surface area (Å²) in [5.74, 6) is 0.371. The van der Waals surface area contributed by atoms with Crippen LogP contribution in [-0.4, -0.2) is 48.4 Å². The predicted octanol–water partition coefficient (Wildman–Crippen LogP) is 3.73. The van der Waals surface area contributed by atoms with E-state index in [0.717, 1.165) is 29.7 Å². The molecule has 3 atom stereocenters. The van der Waals surface area contributed by atoms with Crippen molar-refractivity contribution in [2.24, 2.45) is 5.92 Å². The lowest BCUT2D eigenvalue weighted by atomic mass is 9.76. The first kappa shape index (κ1) is 21.9. The van der Waals surface area contributed by atoms with E-state index < -0.39 is 0 Å². The summed E-state index contributed by atoms with van der Waals surface area (Å²) in [5.41, 5.74) is 3.13. The predicted molar refractivity (Wildman–Crippen MR) is 127 cm³/mol. The summed E-state index contributed by atoms with van der Waals surface area (Å²) in [6.07, 6.45) is 1.81. The van der Waals surface area contributed by atoms with Gasteiger partial charge in [0.2, 0.25) is 5.91 Å². The van der Waals surface area contributed by atoms with Gasteiger partial charge in [-0.05, 0) is 48.1 Å². The molecule has 2 amide bonds. The number of nitriles is 1. The maximum Gasteiger partial charge on any atom is 0.258 e. The van der Waals surface area contributed by atoms with Gasteiger partial charge in [0, 0.05) is 40.8 Å². The summed E-state index contributed by atoms with van der Waals surface area (Å²) in [4.78, 5) is 29.9. The van der Waals surface area contributed by atoms with Gasteiger partial charge in [0.15, 0.2) is 0 Å². The van der Waals surface area contributed by atoms with Gasteiger partial charge in [-0.15, -0.1) is 0 Å². The molecule has 0 radical (unpaired) electrons. The van der Waals surface area contributed by atoms with Crippen LogP contribution in [0.1, 0.15) is 48.2 Å². The number of nitrogens with one attached hydrogen (secondary N) is 1. The zero-order valence-corrected chi connectivity index (χ0v) is 19.6. The van der Waals surface area contributed by atoms with E-state index in [9.17, 15) is 14.9 Å². The molecule has 2 aromatic rings. The van der Waals surface area contributed by atoms with Crippen LogP contribution in [0, 0.1) is 17.2 Å². The Hall–Kier alpha value is -2.88. The van der Waals surface area contributed by atoms with Crippen LogP contribution in [0.15, 0.2) is 42.5 Å². The van der Waals surface area contributed by atoms with E-state index in [1.807, 2.05) is 30.3 Å². The van der Waals surface area contributed by atoms with E-state index in [1.165, 1.54) is 0 Å². The van der Waals surface area contributed by atoms with Gasteiger partial charge < -0.3 is 15.1 Å². The standard InChI is InChI=1S/C26H27ClN4O2/c1-26(2)20-8-7-17(27)13-19(20)25(33)30(22-6-4-3-5-21(22)26)10-9-29-15-24(32)31-18(14-28)11-16-12-23(16)31/h3-8,13,16,18,23,29H,9-12,15H2,1-2H3/t16-,18+,23+/m1/s1. The summed E-state index contributed by atoms with van der Waals surface area (Å²) in [6.45, 7) is 5.29. The molecule has 2 fully saturated rings. The maximum absolute atomic E-state index is 13.6. The van der Waals surface area contributed by atoms with E-state index in [4.69, 9.17) is 11.6 Å². The highest BCUT2D eigenvalue weighted by Crippen LogP contribution is 2.47. The number of fused-ring (bicyclic) bond motifs is 3. The molecule has 0 spiro atoms. The minimum absolute atomic E-state index is 0.0348. The highest BCUT2D eigenvalue weighted by Gasteiger charge is 2.53. The van der Waals surface area contributed by atoms with Crippen molar-refractivity contribution in [1.29, 1.82) is 5.26 Å². The number of carbonyl (C=O) groups excluding carboxylic acids is 2. The van der Waals surface area contributed by atoms with E-state index in [1.54, 1.807) is 15.9 Å². The monoisotopic (exact) mass is 462 g/mol. The molecule has 7 heteroatoms. The highest BCUT2D eigenvalue weighted by molar-refractivity contribution is 6.31. The Kier molecular flexibility index (Phi) is 5.43. The maximum atomic E-state index is 13.6. The third kappa shape index (κ3) is 3.70. The number of para-hydroxylation sites is 1. The van der Waals surface area contributed by atoms with Crippen molar-refractivity contribution in [1.82, 2.24) is 10.2 Å². The molecular formula is C26H27ClN4O2. The second kappa shape index (κ2) is 8.16. The number of amides is 2. The highest BCUT2D eigenvalue weighted by atomic mass is 35.5. The molecule has 1 N–H and O–H groups in total. The van der Waals surface area contributed by atoms with Gasteiger partial charge in [0.25, 0.3) is 5.91 Å². The first-order valence-electron chi connectivity index (χ1n) is 11.5. The van der Waals surface area contributed by atoms with Gasteiger partial charge in [0.1, 0.15) is 6.04 Å². The summed E-state index contributed by atoms with van der Waals surface area (Å²) in [6, 6.07) is 15.7. The van der Waals surface area contributed by atoms with Crippen molar-refractivity contribution >= 4 is 29.1 Å². The van der Waals surface area contributed by atoms with E-state index in [2.05, 4.69) is 31.3 Å². The number of likely N-dealkylation sites (tertiary alicyclic amines) is 1. The number of nitrogens with zero attached hydrogens (tertiary/aromatic N) is 3. The number of anilines is 1. The zero-order valence-electron chi connectivity index (χ0n) is 18.8. The molecule has 1 saturated carbocycles. The van der Waals surface area contributed by atoms with Gasteiger partial charge in [-0.3, -0.25) is 9.59 Å². The number of rotatable bonds is 5. The lowest BCUT2D eigenvalue weighted by Gasteiger charge is -2.28. The van der Waals surface area contributed by atoms with E-state index >= 15 is 0 Å². The number of piperidine rings is 1. The van der Waals surface area contributed by atoms with Crippen LogP contribution in [0.2, 0.25) is 5.02 Å². The summed E-state index contributed by atoms with van der Waals surface area (Å²) >= 11 is 6.26. The van der Waals surface area contributed by atoms with Crippen molar-refractivity contribution in [2.45, 2.75) is 44.2 Å².